The van der Waals surface area contributed by atoms with Crippen LogP contribution in [0, 0.1) is 0 Å². The molecule has 0 spiro atoms. The summed E-state index contributed by atoms with van der Waals surface area (Å²) in [7, 11) is 0. The number of phenolic OH excluding ortho intramolecular Hbond substituents is 1. The molecule has 5 heteroatoms. The highest BCUT2D eigenvalue weighted by atomic mass is 35.5. The molecular weight excluding hydrogens is 240 g/mol. The van der Waals surface area contributed by atoms with E-state index in [4.69, 9.17) is 16.1 Å². The van der Waals surface area contributed by atoms with Gasteiger partial charge in [-0.25, -0.2) is 0 Å². The van der Waals surface area contributed by atoms with E-state index in [1.165, 1.54) is 6.07 Å². The molecule has 1 N–H and O–H groups in total. The van der Waals surface area contributed by atoms with Crippen molar-refractivity contribution >= 4 is 11.6 Å². The minimum absolute atomic E-state index is 0.0775. The third kappa shape index (κ3) is 2.42. The summed E-state index contributed by atoms with van der Waals surface area (Å²) in [5.74, 6) is 1.24. The molecule has 0 radical (unpaired) electrons. The SMILES string of the molecule is CCC(C)c1noc(-c2cc(Cl)ccc2O)n1. The van der Waals surface area contributed by atoms with E-state index in [0.29, 0.717) is 22.3 Å². The normalized spacial score (nSPS) is 12.6. The molecule has 2 aromatic rings. The monoisotopic (exact) mass is 252 g/mol. The Balaban J connectivity index is 2.40. The van der Waals surface area contributed by atoms with E-state index in [1.807, 2.05) is 6.92 Å². The van der Waals surface area contributed by atoms with Crippen LogP contribution < -0.4 is 0 Å². The van der Waals surface area contributed by atoms with Gasteiger partial charge in [0.25, 0.3) is 5.89 Å². The number of hydrogen-bond acceptors (Lipinski definition) is 4. The van der Waals surface area contributed by atoms with E-state index in [1.54, 1.807) is 12.1 Å². The maximum Gasteiger partial charge on any atom is 0.261 e. The van der Waals surface area contributed by atoms with Crippen LogP contribution in [0.5, 0.6) is 5.75 Å². The summed E-state index contributed by atoms with van der Waals surface area (Å²) in [5, 5.41) is 14.1. The van der Waals surface area contributed by atoms with Crippen molar-refractivity contribution < 1.29 is 9.63 Å². The first kappa shape index (κ1) is 11.9. The second-order valence-electron chi connectivity index (χ2n) is 3.93. The number of aromatic nitrogens is 2. The summed E-state index contributed by atoms with van der Waals surface area (Å²) in [5.41, 5.74) is 0.458. The van der Waals surface area contributed by atoms with Gasteiger partial charge in [-0.3, -0.25) is 0 Å². The average Bonchev–Trinajstić information content (AvgIpc) is 2.80. The van der Waals surface area contributed by atoms with Gasteiger partial charge in [0, 0.05) is 10.9 Å². The van der Waals surface area contributed by atoms with Crippen LogP contribution >= 0.6 is 11.6 Å². The van der Waals surface area contributed by atoms with E-state index in [9.17, 15) is 5.11 Å². The maximum absolute atomic E-state index is 9.71. The molecule has 1 aromatic carbocycles. The fourth-order valence-corrected chi connectivity index (χ4v) is 1.58. The van der Waals surface area contributed by atoms with Gasteiger partial charge >= 0.3 is 0 Å². The van der Waals surface area contributed by atoms with Crippen molar-refractivity contribution in [3.05, 3.63) is 29.0 Å². The lowest BCUT2D eigenvalue weighted by molar-refractivity contribution is 0.412. The number of benzene rings is 1. The second kappa shape index (κ2) is 4.75. The molecule has 1 heterocycles. The Morgan fingerprint density at radius 1 is 1.47 bits per heavy atom. The zero-order valence-corrected chi connectivity index (χ0v) is 10.4. The summed E-state index contributed by atoms with van der Waals surface area (Å²) in [4.78, 5) is 4.26. The van der Waals surface area contributed by atoms with Gasteiger partial charge in [-0.2, -0.15) is 4.98 Å². The fraction of sp³-hybridized carbons (Fsp3) is 0.333. The van der Waals surface area contributed by atoms with Gasteiger partial charge in [0.2, 0.25) is 0 Å². The van der Waals surface area contributed by atoms with E-state index >= 15 is 0 Å². The molecule has 1 aromatic heterocycles. The Kier molecular flexibility index (Phi) is 3.33. The van der Waals surface area contributed by atoms with Crippen molar-refractivity contribution in [3.8, 4) is 17.2 Å². The topological polar surface area (TPSA) is 59.2 Å². The molecule has 0 aliphatic carbocycles. The lowest BCUT2D eigenvalue weighted by Gasteiger charge is -2.00. The van der Waals surface area contributed by atoms with E-state index < -0.39 is 0 Å². The predicted molar refractivity (Wildman–Crippen MR) is 65.1 cm³/mol. The molecule has 0 aliphatic rings. The number of aromatic hydroxyl groups is 1. The zero-order chi connectivity index (χ0) is 12.4. The van der Waals surface area contributed by atoms with Crippen LogP contribution in [0.2, 0.25) is 5.02 Å². The summed E-state index contributed by atoms with van der Waals surface area (Å²) >= 11 is 5.86. The Hall–Kier alpha value is -1.55. The van der Waals surface area contributed by atoms with Crippen molar-refractivity contribution in [1.82, 2.24) is 10.1 Å². The van der Waals surface area contributed by atoms with Crippen LogP contribution in [0.3, 0.4) is 0 Å². The van der Waals surface area contributed by atoms with Gasteiger partial charge < -0.3 is 9.63 Å². The molecule has 0 saturated heterocycles. The van der Waals surface area contributed by atoms with Gasteiger partial charge in [0.05, 0.1) is 5.56 Å². The molecule has 0 aliphatic heterocycles. The van der Waals surface area contributed by atoms with Gasteiger partial charge in [-0.05, 0) is 24.6 Å². The second-order valence-corrected chi connectivity index (χ2v) is 4.36. The summed E-state index contributed by atoms with van der Waals surface area (Å²) in [6, 6.07) is 4.71. The Labute approximate surface area is 104 Å². The van der Waals surface area contributed by atoms with E-state index in [-0.39, 0.29) is 11.7 Å². The van der Waals surface area contributed by atoms with Crippen molar-refractivity contribution in [1.29, 1.82) is 0 Å². The largest absolute Gasteiger partial charge is 0.507 e. The molecule has 0 saturated carbocycles. The zero-order valence-electron chi connectivity index (χ0n) is 9.64. The predicted octanol–water partition coefficient (Wildman–Crippen LogP) is 3.61. The minimum atomic E-state index is 0.0775. The molecule has 4 nitrogen and oxygen atoms in total. The quantitative estimate of drug-likeness (QED) is 0.907. The molecule has 90 valence electrons. The van der Waals surface area contributed by atoms with Gasteiger partial charge in [0.15, 0.2) is 5.82 Å². The van der Waals surface area contributed by atoms with Crippen LogP contribution in [0.15, 0.2) is 22.7 Å². The van der Waals surface area contributed by atoms with Gasteiger partial charge in [-0.15, -0.1) is 0 Å². The van der Waals surface area contributed by atoms with Crippen LogP contribution in [0.25, 0.3) is 11.5 Å². The molecule has 1 unspecified atom stereocenters. The van der Waals surface area contributed by atoms with Crippen molar-refractivity contribution in [2.45, 2.75) is 26.2 Å². The fourth-order valence-electron chi connectivity index (χ4n) is 1.41. The summed E-state index contributed by atoms with van der Waals surface area (Å²) in [6.45, 7) is 4.07. The third-order valence-corrected chi connectivity index (χ3v) is 2.92. The van der Waals surface area contributed by atoms with Crippen LogP contribution in [-0.4, -0.2) is 15.2 Å². The lowest BCUT2D eigenvalue weighted by Crippen LogP contribution is -1.93. The van der Waals surface area contributed by atoms with Gasteiger partial charge in [0.1, 0.15) is 5.75 Å². The summed E-state index contributed by atoms with van der Waals surface area (Å²) < 4.78 is 5.13. The van der Waals surface area contributed by atoms with Crippen molar-refractivity contribution in [2.75, 3.05) is 0 Å². The third-order valence-electron chi connectivity index (χ3n) is 2.68. The molecule has 17 heavy (non-hydrogen) atoms. The van der Waals surface area contributed by atoms with Crippen LogP contribution in [0.1, 0.15) is 32.0 Å². The van der Waals surface area contributed by atoms with Gasteiger partial charge in [-0.1, -0.05) is 30.6 Å². The van der Waals surface area contributed by atoms with E-state index in [0.717, 1.165) is 6.42 Å². The molecular formula is C12H13ClN2O2. The summed E-state index contributed by atoms with van der Waals surface area (Å²) in [6.07, 6.45) is 0.931. The highest BCUT2D eigenvalue weighted by molar-refractivity contribution is 6.30. The van der Waals surface area contributed by atoms with E-state index in [2.05, 4.69) is 17.1 Å². The first-order valence-corrected chi connectivity index (χ1v) is 5.82. The molecule has 0 fully saturated rings. The lowest BCUT2D eigenvalue weighted by atomic mass is 10.1. The standard InChI is InChI=1S/C12H13ClN2O2/c1-3-7(2)11-14-12(17-15-11)9-6-8(13)4-5-10(9)16/h4-7,16H,3H2,1-2H3. The smallest absolute Gasteiger partial charge is 0.261 e. The van der Waals surface area contributed by atoms with Crippen molar-refractivity contribution in [3.63, 3.8) is 0 Å². The Bertz CT molecular complexity index is 525. The molecule has 1 atom stereocenters. The molecule has 0 amide bonds. The van der Waals surface area contributed by atoms with Crippen molar-refractivity contribution in [2.24, 2.45) is 0 Å². The molecule has 0 bridgehead atoms. The number of rotatable bonds is 3. The first-order chi connectivity index (χ1) is 8.11. The number of hydrogen-bond donors (Lipinski definition) is 1. The van der Waals surface area contributed by atoms with Crippen LogP contribution in [0.4, 0.5) is 0 Å². The Morgan fingerprint density at radius 3 is 2.94 bits per heavy atom. The number of nitrogens with zero attached hydrogens (tertiary/aromatic N) is 2. The Morgan fingerprint density at radius 2 is 2.24 bits per heavy atom. The minimum Gasteiger partial charge on any atom is -0.507 e. The average molecular weight is 253 g/mol. The first-order valence-electron chi connectivity index (χ1n) is 5.44. The maximum atomic E-state index is 9.71. The number of halogens is 1. The highest BCUT2D eigenvalue weighted by Crippen LogP contribution is 2.31. The molecule has 2 rings (SSSR count). The van der Waals surface area contributed by atoms with Crippen LogP contribution in [-0.2, 0) is 0 Å². The number of phenols is 1. The highest BCUT2D eigenvalue weighted by Gasteiger charge is 2.16.